The van der Waals surface area contributed by atoms with Gasteiger partial charge < -0.3 is 9.64 Å². The van der Waals surface area contributed by atoms with Crippen molar-refractivity contribution < 1.29 is 22.7 Å². The Hall–Kier alpha value is -1.58. The van der Waals surface area contributed by atoms with Gasteiger partial charge in [0, 0.05) is 38.4 Å². The number of hydrogen-bond acceptors (Lipinski definition) is 6. The number of carbonyl (C=O) groups excluding carboxylic acids is 2. The quantitative estimate of drug-likeness (QED) is 0.504. The SMILES string of the molecule is COC(=O)CSCCC(=O)N1CCN(S(=O)(=O)c2ccc(C)cc2)CC1. The van der Waals surface area contributed by atoms with E-state index in [9.17, 15) is 18.0 Å². The van der Waals surface area contributed by atoms with Crippen molar-refractivity contribution >= 4 is 33.7 Å². The monoisotopic (exact) mass is 400 g/mol. The van der Waals surface area contributed by atoms with Crippen LogP contribution in [0.25, 0.3) is 0 Å². The van der Waals surface area contributed by atoms with Crippen molar-refractivity contribution in [2.45, 2.75) is 18.2 Å². The molecule has 0 aliphatic carbocycles. The maximum Gasteiger partial charge on any atom is 0.315 e. The second-order valence-corrected chi connectivity index (χ2v) is 9.02. The van der Waals surface area contributed by atoms with Crippen LogP contribution in [0.1, 0.15) is 12.0 Å². The molecule has 0 N–H and O–H groups in total. The third kappa shape index (κ3) is 5.46. The molecule has 9 heteroatoms. The van der Waals surface area contributed by atoms with Crippen LogP contribution in [-0.2, 0) is 24.3 Å². The highest BCUT2D eigenvalue weighted by molar-refractivity contribution is 7.99. The topological polar surface area (TPSA) is 84.0 Å². The summed E-state index contributed by atoms with van der Waals surface area (Å²) in [5, 5.41) is 0. The zero-order valence-electron chi connectivity index (χ0n) is 15.0. The molecule has 0 aromatic heterocycles. The van der Waals surface area contributed by atoms with Crippen molar-refractivity contribution in [3.05, 3.63) is 29.8 Å². The fourth-order valence-corrected chi connectivity index (χ4v) is 4.74. The third-order valence-corrected chi connectivity index (χ3v) is 7.00. The summed E-state index contributed by atoms with van der Waals surface area (Å²) in [4.78, 5) is 25.2. The molecule has 2 rings (SSSR count). The number of nitrogens with zero attached hydrogens (tertiary/aromatic N) is 2. The number of aryl methyl sites for hydroxylation is 1. The molecule has 1 aliphatic heterocycles. The van der Waals surface area contributed by atoms with Crippen molar-refractivity contribution in [3.8, 4) is 0 Å². The minimum atomic E-state index is -3.52. The average molecular weight is 401 g/mol. The molecule has 1 aliphatic rings. The molecule has 26 heavy (non-hydrogen) atoms. The van der Waals surface area contributed by atoms with Crippen LogP contribution >= 0.6 is 11.8 Å². The van der Waals surface area contributed by atoms with E-state index in [0.717, 1.165) is 5.56 Å². The Morgan fingerprint density at radius 1 is 1.12 bits per heavy atom. The standard InChI is InChI=1S/C17H24N2O5S2/c1-14-3-5-15(6-4-14)26(22,23)19-10-8-18(9-11-19)16(20)7-12-25-13-17(21)24-2/h3-6H,7-13H2,1-2H3. The highest BCUT2D eigenvalue weighted by Crippen LogP contribution is 2.18. The summed E-state index contributed by atoms with van der Waals surface area (Å²) < 4.78 is 31.3. The average Bonchev–Trinajstić information content (AvgIpc) is 2.65. The van der Waals surface area contributed by atoms with Gasteiger partial charge in [-0.2, -0.15) is 4.31 Å². The molecule has 1 saturated heterocycles. The van der Waals surface area contributed by atoms with Gasteiger partial charge in [0.05, 0.1) is 17.8 Å². The summed E-state index contributed by atoms with van der Waals surface area (Å²) >= 11 is 1.35. The number of methoxy groups -OCH3 is 1. The van der Waals surface area contributed by atoms with Gasteiger partial charge in [0.2, 0.25) is 15.9 Å². The van der Waals surface area contributed by atoms with Crippen LogP contribution in [0.5, 0.6) is 0 Å². The van der Waals surface area contributed by atoms with Crippen molar-refractivity contribution in [2.24, 2.45) is 0 Å². The zero-order valence-corrected chi connectivity index (χ0v) is 16.6. The van der Waals surface area contributed by atoms with E-state index in [1.54, 1.807) is 29.2 Å². The van der Waals surface area contributed by atoms with E-state index in [1.165, 1.54) is 23.2 Å². The van der Waals surface area contributed by atoms with E-state index < -0.39 is 10.0 Å². The van der Waals surface area contributed by atoms with E-state index in [1.807, 2.05) is 6.92 Å². The largest absolute Gasteiger partial charge is 0.468 e. The van der Waals surface area contributed by atoms with E-state index in [2.05, 4.69) is 4.74 Å². The fourth-order valence-electron chi connectivity index (χ4n) is 2.57. The van der Waals surface area contributed by atoms with Gasteiger partial charge in [-0.1, -0.05) is 17.7 Å². The van der Waals surface area contributed by atoms with Crippen LogP contribution in [0.2, 0.25) is 0 Å². The molecular formula is C17H24N2O5S2. The molecule has 1 amide bonds. The van der Waals surface area contributed by atoms with E-state index in [4.69, 9.17) is 0 Å². The number of ether oxygens (including phenoxy) is 1. The molecule has 1 heterocycles. The van der Waals surface area contributed by atoms with Crippen molar-refractivity contribution in [2.75, 3.05) is 44.8 Å². The summed E-state index contributed by atoms with van der Waals surface area (Å²) in [6, 6.07) is 6.78. The molecule has 0 spiro atoms. The molecule has 0 atom stereocenters. The number of rotatable bonds is 7. The Morgan fingerprint density at radius 2 is 1.73 bits per heavy atom. The lowest BCUT2D eigenvalue weighted by atomic mass is 10.2. The summed E-state index contributed by atoms with van der Waals surface area (Å²) in [5.74, 6) is 0.439. The number of hydrogen-bond donors (Lipinski definition) is 0. The Balaban J connectivity index is 1.81. The first-order valence-electron chi connectivity index (χ1n) is 8.33. The predicted molar refractivity (Wildman–Crippen MR) is 100 cm³/mol. The second kappa shape index (κ2) is 9.38. The first-order chi connectivity index (χ1) is 12.3. The van der Waals surface area contributed by atoms with Crippen LogP contribution in [0.3, 0.4) is 0 Å². The van der Waals surface area contributed by atoms with E-state index in [0.29, 0.717) is 25.3 Å². The normalized spacial score (nSPS) is 15.7. The smallest absolute Gasteiger partial charge is 0.315 e. The van der Waals surface area contributed by atoms with Gasteiger partial charge in [-0.15, -0.1) is 11.8 Å². The fraction of sp³-hybridized carbons (Fsp3) is 0.529. The van der Waals surface area contributed by atoms with Gasteiger partial charge in [0.25, 0.3) is 0 Å². The molecule has 0 saturated carbocycles. The van der Waals surface area contributed by atoms with Crippen LogP contribution in [0.4, 0.5) is 0 Å². The van der Waals surface area contributed by atoms with Crippen molar-refractivity contribution in [1.82, 2.24) is 9.21 Å². The third-order valence-electron chi connectivity index (χ3n) is 4.16. The predicted octanol–water partition coefficient (Wildman–Crippen LogP) is 1.12. The van der Waals surface area contributed by atoms with Gasteiger partial charge in [0.1, 0.15) is 0 Å². The van der Waals surface area contributed by atoms with E-state index in [-0.39, 0.29) is 35.6 Å². The van der Waals surface area contributed by atoms with Crippen LogP contribution < -0.4 is 0 Å². The Kier molecular flexibility index (Phi) is 7.48. The number of sulfonamides is 1. The van der Waals surface area contributed by atoms with Crippen molar-refractivity contribution in [3.63, 3.8) is 0 Å². The maximum atomic E-state index is 12.7. The Morgan fingerprint density at radius 3 is 2.31 bits per heavy atom. The van der Waals surface area contributed by atoms with Gasteiger partial charge in [-0.3, -0.25) is 9.59 Å². The number of carbonyl (C=O) groups is 2. The number of benzene rings is 1. The highest BCUT2D eigenvalue weighted by atomic mass is 32.2. The number of thioether (sulfide) groups is 1. The number of esters is 1. The Bertz CT molecular complexity index is 726. The Labute approximate surface area is 158 Å². The molecular weight excluding hydrogens is 376 g/mol. The summed E-state index contributed by atoms with van der Waals surface area (Å²) in [5.41, 5.74) is 1.00. The number of piperazine rings is 1. The van der Waals surface area contributed by atoms with Crippen LogP contribution in [-0.4, -0.2) is 74.3 Å². The van der Waals surface area contributed by atoms with Crippen LogP contribution in [0, 0.1) is 6.92 Å². The molecule has 1 aromatic carbocycles. The zero-order chi connectivity index (χ0) is 19.2. The summed E-state index contributed by atoms with van der Waals surface area (Å²) in [6.45, 7) is 3.25. The maximum absolute atomic E-state index is 12.7. The lowest BCUT2D eigenvalue weighted by Gasteiger charge is -2.34. The first kappa shape index (κ1) is 20.7. The molecule has 0 radical (unpaired) electrons. The lowest BCUT2D eigenvalue weighted by molar-refractivity contribution is -0.137. The van der Waals surface area contributed by atoms with Gasteiger partial charge in [0.15, 0.2) is 0 Å². The van der Waals surface area contributed by atoms with Crippen LogP contribution in [0.15, 0.2) is 29.2 Å². The number of amides is 1. The summed E-state index contributed by atoms with van der Waals surface area (Å²) in [7, 11) is -2.19. The van der Waals surface area contributed by atoms with Gasteiger partial charge in [-0.05, 0) is 19.1 Å². The van der Waals surface area contributed by atoms with Gasteiger partial charge in [-0.25, -0.2) is 8.42 Å². The van der Waals surface area contributed by atoms with Gasteiger partial charge >= 0.3 is 5.97 Å². The lowest BCUT2D eigenvalue weighted by Crippen LogP contribution is -2.50. The highest BCUT2D eigenvalue weighted by Gasteiger charge is 2.29. The second-order valence-electron chi connectivity index (χ2n) is 5.98. The molecule has 1 fully saturated rings. The summed E-state index contributed by atoms with van der Waals surface area (Å²) in [6.07, 6.45) is 0.326. The molecule has 7 nitrogen and oxygen atoms in total. The minimum absolute atomic E-state index is 0.0188. The first-order valence-corrected chi connectivity index (χ1v) is 10.9. The molecule has 0 bridgehead atoms. The minimum Gasteiger partial charge on any atom is -0.468 e. The molecule has 1 aromatic rings. The van der Waals surface area contributed by atoms with E-state index >= 15 is 0 Å². The molecule has 144 valence electrons. The molecule has 0 unspecified atom stereocenters. The van der Waals surface area contributed by atoms with Crippen molar-refractivity contribution in [1.29, 1.82) is 0 Å².